The summed E-state index contributed by atoms with van der Waals surface area (Å²) < 4.78 is 40.8. The molecular weight excluding hydrogens is 325 g/mol. The molecule has 0 spiro atoms. The lowest BCUT2D eigenvalue weighted by Gasteiger charge is -2.28. The van der Waals surface area contributed by atoms with Gasteiger partial charge in [0.2, 0.25) is 0 Å². The largest absolute Gasteiger partial charge is 0.409 e. The maximum atomic E-state index is 13.6. The van der Waals surface area contributed by atoms with E-state index in [1.807, 2.05) is 6.07 Å². The summed E-state index contributed by atoms with van der Waals surface area (Å²) in [7, 11) is -2.84. The van der Waals surface area contributed by atoms with E-state index in [0.717, 1.165) is 5.19 Å². The summed E-state index contributed by atoms with van der Waals surface area (Å²) in [6, 6.07) is 15.3. The van der Waals surface area contributed by atoms with Gasteiger partial charge in [0.25, 0.3) is 0 Å². The van der Waals surface area contributed by atoms with Crippen LogP contribution in [0.4, 0.5) is 13.2 Å². The van der Waals surface area contributed by atoms with Crippen molar-refractivity contribution in [2.75, 3.05) is 0 Å². The molecule has 2 rings (SSSR count). The average Bonchev–Trinajstić information content (AvgIpc) is 2.46. The van der Waals surface area contributed by atoms with Crippen LogP contribution in [0.1, 0.15) is 5.56 Å². The molecule has 0 fully saturated rings. The van der Waals surface area contributed by atoms with Crippen LogP contribution in [0.5, 0.6) is 0 Å². The van der Waals surface area contributed by atoms with Gasteiger partial charge in [-0.15, -0.1) is 0 Å². The van der Waals surface area contributed by atoms with E-state index in [-0.39, 0.29) is 0 Å². The molecule has 0 amide bonds. The first-order valence-corrected chi connectivity index (χ1v) is 10.2. The molecule has 0 N–H and O–H groups in total. The molecule has 0 aliphatic carbocycles. The van der Waals surface area contributed by atoms with Crippen molar-refractivity contribution in [3.8, 4) is 0 Å². The molecule has 0 aliphatic rings. The van der Waals surface area contributed by atoms with Crippen LogP contribution in [0.25, 0.3) is 6.08 Å². The maximum absolute atomic E-state index is 13.6. The predicted octanol–water partition coefficient (Wildman–Crippen LogP) is 5.44. The van der Waals surface area contributed by atoms with Gasteiger partial charge in [0, 0.05) is 10.2 Å². The van der Waals surface area contributed by atoms with Gasteiger partial charge in [0.15, 0.2) is 0 Å². The minimum atomic E-state index is -4.36. The van der Waals surface area contributed by atoms with Crippen molar-refractivity contribution in [3.05, 3.63) is 70.4 Å². The summed E-state index contributed by atoms with van der Waals surface area (Å²) in [6.45, 7) is 3.44. The average molecular weight is 341 g/mol. The molecule has 0 saturated carbocycles. The lowest BCUT2D eigenvalue weighted by molar-refractivity contribution is -0.0847. The Balaban J connectivity index is 2.54. The Morgan fingerprint density at radius 1 is 0.955 bits per heavy atom. The Kier molecular flexibility index (Phi) is 4.83. The molecule has 116 valence electrons. The van der Waals surface area contributed by atoms with Crippen LogP contribution in [0, 0.1) is 0 Å². The quantitative estimate of drug-likeness (QED) is 0.652. The van der Waals surface area contributed by atoms with E-state index in [0.29, 0.717) is 10.6 Å². The van der Waals surface area contributed by atoms with E-state index in [4.69, 9.17) is 11.6 Å². The number of alkyl halides is 3. The first-order valence-electron chi connectivity index (χ1n) is 6.82. The van der Waals surface area contributed by atoms with Crippen LogP contribution < -0.4 is 5.19 Å². The fraction of sp³-hybridized carbons (Fsp3) is 0.176. The third kappa shape index (κ3) is 3.81. The van der Waals surface area contributed by atoms with Crippen molar-refractivity contribution < 1.29 is 13.2 Å². The molecule has 22 heavy (non-hydrogen) atoms. The molecule has 0 heterocycles. The molecule has 5 heteroatoms. The van der Waals surface area contributed by atoms with Gasteiger partial charge in [-0.3, -0.25) is 0 Å². The zero-order valence-electron chi connectivity index (χ0n) is 12.3. The summed E-state index contributed by atoms with van der Waals surface area (Å²) >= 11 is 5.79. The van der Waals surface area contributed by atoms with Crippen LogP contribution >= 0.6 is 11.6 Å². The number of benzene rings is 2. The van der Waals surface area contributed by atoms with Crippen molar-refractivity contribution >= 4 is 30.9 Å². The van der Waals surface area contributed by atoms with Gasteiger partial charge >= 0.3 is 6.18 Å². The Hall–Kier alpha value is -1.52. The van der Waals surface area contributed by atoms with Crippen molar-refractivity contribution in [2.24, 2.45) is 0 Å². The molecule has 0 nitrogen and oxygen atoms in total. The molecule has 0 unspecified atom stereocenters. The lowest BCUT2D eigenvalue weighted by Crippen LogP contribution is -2.48. The summed E-state index contributed by atoms with van der Waals surface area (Å²) in [5.74, 6) is 0. The Labute approximate surface area is 134 Å². The summed E-state index contributed by atoms with van der Waals surface area (Å²) in [4.78, 5) is 0. The summed E-state index contributed by atoms with van der Waals surface area (Å²) in [5, 5.41) is 0.811. The number of rotatable bonds is 3. The Bertz CT molecular complexity index is 659. The van der Waals surface area contributed by atoms with Crippen LogP contribution in [0.2, 0.25) is 18.1 Å². The number of allylic oxidation sites excluding steroid dienone is 1. The molecule has 2 aromatic carbocycles. The van der Waals surface area contributed by atoms with Crippen molar-refractivity contribution in [2.45, 2.75) is 19.3 Å². The number of hydrogen-bond acceptors (Lipinski definition) is 0. The van der Waals surface area contributed by atoms with Crippen LogP contribution in [0.15, 0.2) is 59.8 Å². The number of hydrogen-bond donors (Lipinski definition) is 0. The first-order chi connectivity index (χ1) is 10.2. The van der Waals surface area contributed by atoms with Crippen LogP contribution in [-0.4, -0.2) is 14.3 Å². The second-order valence-electron chi connectivity index (χ2n) is 5.60. The second-order valence-corrected chi connectivity index (χ2v) is 10.4. The fourth-order valence-electron chi connectivity index (χ4n) is 2.35. The SMILES string of the molecule is C[Si](C)(/C(=C/c1ccc(Cl)cc1)C(F)(F)F)c1ccccc1. The normalized spacial score (nSPS) is 13.3. The molecule has 0 radical (unpaired) electrons. The zero-order valence-corrected chi connectivity index (χ0v) is 14.0. The maximum Gasteiger partial charge on any atom is 0.409 e. The molecule has 0 aromatic heterocycles. The molecule has 0 atom stereocenters. The van der Waals surface area contributed by atoms with Gasteiger partial charge in [-0.2, -0.15) is 13.2 Å². The summed E-state index contributed by atoms with van der Waals surface area (Å²) in [5.41, 5.74) is 0.508. The minimum Gasteiger partial charge on any atom is -0.167 e. The highest BCUT2D eigenvalue weighted by molar-refractivity contribution is 6.96. The van der Waals surface area contributed by atoms with E-state index in [2.05, 4.69) is 0 Å². The lowest BCUT2D eigenvalue weighted by atomic mass is 10.2. The molecule has 2 aromatic rings. The van der Waals surface area contributed by atoms with Gasteiger partial charge < -0.3 is 0 Å². The molecular formula is C17H16ClF3Si. The van der Waals surface area contributed by atoms with E-state index in [1.54, 1.807) is 61.6 Å². The van der Waals surface area contributed by atoms with Crippen LogP contribution in [0.3, 0.4) is 0 Å². The van der Waals surface area contributed by atoms with E-state index >= 15 is 0 Å². The summed E-state index contributed by atoms with van der Waals surface area (Å²) in [6.07, 6.45) is -3.11. The van der Waals surface area contributed by atoms with E-state index in [1.165, 1.54) is 6.08 Å². The van der Waals surface area contributed by atoms with Gasteiger partial charge in [0.1, 0.15) is 8.07 Å². The standard InChI is InChI=1S/C17H16ClF3Si/c1-22(2,15-6-4-3-5-7-15)16(17(19,20)21)12-13-8-10-14(18)11-9-13/h3-12H,1-2H3/b16-12+. The second kappa shape index (κ2) is 6.30. The molecule has 0 bridgehead atoms. The Morgan fingerprint density at radius 2 is 1.50 bits per heavy atom. The molecule has 0 saturated heterocycles. The third-order valence-corrected chi connectivity index (χ3v) is 7.46. The van der Waals surface area contributed by atoms with Gasteiger partial charge in [0.05, 0.1) is 0 Å². The fourth-order valence-corrected chi connectivity index (χ4v) is 5.05. The van der Waals surface area contributed by atoms with Gasteiger partial charge in [-0.05, 0) is 17.7 Å². The third-order valence-electron chi connectivity index (χ3n) is 3.66. The Morgan fingerprint density at radius 3 is 2.00 bits per heavy atom. The first kappa shape index (κ1) is 16.8. The van der Waals surface area contributed by atoms with Crippen molar-refractivity contribution in [1.82, 2.24) is 0 Å². The van der Waals surface area contributed by atoms with Crippen molar-refractivity contribution in [1.29, 1.82) is 0 Å². The predicted molar refractivity (Wildman–Crippen MR) is 89.0 cm³/mol. The molecule has 0 aliphatic heterocycles. The highest BCUT2D eigenvalue weighted by Gasteiger charge is 2.45. The van der Waals surface area contributed by atoms with E-state index in [9.17, 15) is 13.2 Å². The van der Waals surface area contributed by atoms with E-state index < -0.39 is 19.4 Å². The monoisotopic (exact) mass is 340 g/mol. The highest BCUT2D eigenvalue weighted by atomic mass is 35.5. The number of halogens is 4. The van der Waals surface area contributed by atoms with Gasteiger partial charge in [-0.1, -0.05) is 78.4 Å². The highest BCUT2D eigenvalue weighted by Crippen LogP contribution is 2.34. The van der Waals surface area contributed by atoms with Crippen LogP contribution in [-0.2, 0) is 0 Å². The minimum absolute atomic E-state index is 0.450. The smallest absolute Gasteiger partial charge is 0.167 e. The zero-order chi connectivity index (χ0) is 16.4. The van der Waals surface area contributed by atoms with Crippen molar-refractivity contribution in [3.63, 3.8) is 0 Å². The van der Waals surface area contributed by atoms with Gasteiger partial charge in [-0.25, -0.2) is 0 Å². The topological polar surface area (TPSA) is 0 Å².